The van der Waals surface area contributed by atoms with Crippen molar-refractivity contribution in [3.05, 3.63) is 0 Å². The van der Waals surface area contributed by atoms with Crippen LogP contribution in [0, 0.1) is 0 Å². The summed E-state index contributed by atoms with van der Waals surface area (Å²) in [5, 5.41) is 8.19. The number of rotatable bonds is 4. The number of hydrogen-bond donors (Lipinski definition) is 3. The molecule has 4 N–H and O–H groups in total. The van der Waals surface area contributed by atoms with Crippen molar-refractivity contribution in [3.8, 4) is 0 Å². The average Bonchev–Trinajstić information content (AvgIpc) is 1.99. The average molecular weight is 188 g/mol. The van der Waals surface area contributed by atoms with E-state index in [0.717, 1.165) is 6.42 Å². The SMILES string of the molecule is NC1(C(=O)NOCC(=O)O)CCC1. The molecule has 6 heteroatoms. The second-order valence-electron chi connectivity index (χ2n) is 3.12. The number of hydroxylamine groups is 1. The maximum absolute atomic E-state index is 11.2. The molecule has 0 heterocycles. The number of carbonyl (C=O) groups is 2. The smallest absolute Gasteiger partial charge is 0.332 e. The molecule has 0 aliphatic heterocycles. The molecule has 13 heavy (non-hydrogen) atoms. The van der Waals surface area contributed by atoms with Crippen molar-refractivity contribution in [3.63, 3.8) is 0 Å². The largest absolute Gasteiger partial charge is 0.479 e. The Morgan fingerprint density at radius 2 is 2.15 bits per heavy atom. The molecule has 0 aromatic rings. The Labute approximate surface area is 75.0 Å². The number of nitrogens with two attached hydrogens (primary N) is 1. The van der Waals surface area contributed by atoms with E-state index in [-0.39, 0.29) is 0 Å². The number of carboxylic acid groups (broad SMARTS) is 1. The van der Waals surface area contributed by atoms with Crippen LogP contribution in [0.3, 0.4) is 0 Å². The molecule has 1 amide bonds. The monoisotopic (exact) mass is 188 g/mol. The van der Waals surface area contributed by atoms with Crippen LogP contribution in [0.5, 0.6) is 0 Å². The molecule has 0 unspecified atom stereocenters. The first-order chi connectivity index (χ1) is 6.04. The molecule has 0 saturated heterocycles. The highest BCUT2D eigenvalue weighted by Crippen LogP contribution is 2.28. The molecule has 0 bridgehead atoms. The highest BCUT2D eigenvalue weighted by molar-refractivity contribution is 5.86. The van der Waals surface area contributed by atoms with E-state index in [2.05, 4.69) is 4.84 Å². The third-order valence-corrected chi connectivity index (χ3v) is 2.06. The van der Waals surface area contributed by atoms with Crippen molar-refractivity contribution < 1.29 is 19.5 Å². The Morgan fingerprint density at radius 1 is 1.54 bits per heavy atom. The van der Waals surface area contributed by atoms with Crippen LogP contribution in [0.1, 0.15) is 19.3 Å². The first-order valence-corrected chi connectivity index (χ1v) is 3.97. The van der Waals surface area contributed by atoms with Gasteiger partial charge in [-0.3, -0.25) is 9.63 Å². The van der Waals surface area contributed by atoms with Crippen LogP contribution in [-0.2, 0) is 14.4 Å². The van der Waals surface area contributed by atoms with E-state index in [1.54, 1.807) is 0 Å². The third kappa shape index (κ3) is 2.40. The summed E-state index contributed by atoms with van der Waals surface area (Å²) in [6.45, 7) is -0.554. The number of nitrogens with one attached hydrogen (secondary N) is 1. The molecular weight excluding hydrogens is 176 g/mol. The van der Waals surface area contributed by atoms with Gasteiger partial charge in [0.05, 0.1) is 5.54 Å². The summed E-state index contributed by atoms with van der Waals surface area (Å²) in [7, 11) is 0. The number of hydrogen-bond acceptors (Lipinski definition) is 4. The molecular formula is C7H12N2O4. The summed E-state index contributed by atoms with van der Waals surface area (Å²) in [5.41, 5.74) is 6.79. The lowest BCUT2D eigenvalue weighted by Crippen LogP contribution is -2.58. The Kier molecular flexibility index (Phi) is 2.84. The molecule has 0 radical (unpaired) electrons. The molecule has 0 atom stereocenters. The summed E-state index contributed by atoms with van der Waals surface area (Å²) in [5.74, 6) is -1.58. The standard InChI is InChI=1S/C7H12N2O4/c8-7(2-1-3-7)6(12)9-13-4-5(10)11/h1-4,8H2,(H,9,12)(H,10,11). The number of carboxylic acids is 1. The van der Waals surface area contributed by atoms with E-state index in [0.29, 0.717) is 12.8 Å². The minimum Gasteiger partial charge on any atom is -0.479 e. The summed E-state index contributed by atoms with van der Waals surface area (Å²) in [6, 6.07) is 0. The fourth-order valence-corrected chi connectivity index (χ4v) is 1.05. The molecule has 0 aromatic carbocycles. The summed E-state index contributed by atoms with van der Waals surface area (Å²) < 4.78 is 0. The van der Waals surface area contributed by atoms with E-state index in [1.807, 2.05) is 5.48 Å². The van der Waals surface area contributed by atoms with Gasteiger partial charge in [-0.15, -0.1) is 0 Å². The molecule has 1 rings (SSSR count). The maximum atomic E-state index is 11.2. The molecule has 1 fully saturated rings. The van der Waals surface area contributed by atoms with E-state index in [1.165, 1.54) is 0 Å². The fraction of sp³-hybridized carbons (Fsp3) is 0.714. The minimum absolute atomic E-state index is 0.444. The van der Waals surface area contributed by atoms with Crippen molar-refractivity contribution in [2.24, 2.45) is 5.73 Å². The van der Waals surface area contributed by atoms with Gasteiger partial charge < -0.3 is 10.8 Å². The summed E-state index contributed by atoms with van der Waals surface area (Å²) in [4.78, 5) is 25.6. The predicted molar refractivity (Wildman–Crippen MR) is 42.5 cm³/mol. The topological polar surface area (TPSA) is 102 Å². The van der Waals surface area contributed by atoms with E-state index >= 15 is 0 Å². The maximum Gasteiger partial charge on any atom is 0.332 e. The highest BCUT2D eigenvalue weighted by Gasteiger charge is 2.40. The van der Waals surface area contributed by atoms with Crippen LogP contribution in [0.25, 0.3) is 0 Å². The fourth-order valence-electron chi connectivity index (χ4n) is 1.05. The van der Waals surface area contributed by atoms with Crippen LogP contribution in [0.4, 0.5) is 0 Å². The second kappa shape index (κ2) is 3.71. The predicted octanol–water partition coefficient (Wildman–Crippen LogP) is -1.000. The summed E-state index contributed by atoms with van der Waals surface area (Å²) >= 11 is 0. The van der Waals surface area contributed by atoms with Crippen molar-refractivity contribution in [1.29, 1.82) is 0 Å². The normalized spacial score (nSPS) is 18.8. The molecule has 0 aromatic heterocycles. The van der Waals surface area contributed by atoms with Gasteiger partial charge in [0.1, 0.15) is 0 Å². The minimum atomic E-state index is -1.14. The molecule has 74 valence electrons. The van der Waals surface area contributed by atoms with Crippen LogP contribution in [0.2, 0.25) is 0 Å². The van der Waals surface area contributed by atoms with Crippen molar-refractivity contribution >= 4 is 11.9 Å². The zero-order valence-corrected chi connectivity index (χ0v) is 7.08. The first kappa shape index (κ1) is 9.94. The summed E-state index contributed by atoms with van der Waals surface area (Å²) in [6.07, 6.45) is 2.16. The molecule has 6 nitrogen and oxygen atoms in total. The van der Waals surface area contributed by atoms with Crippen LogP contribution < -0.4 is 11.2 Å². The van der Waals surface area contributed by atoms with Gasteiger partial charge in [-0.05, 0) is 19.3 Å². The number of amides is 1. The Balaban J connectivity index is 2.21. The van der Waals surface area contributed by atoms with Gasteiger partial charge in [-0.2, -0.15) is 0 Å². The Bertz CT molecular complexity index is 225. The highest BCUT2D eigenvalue weighted by atomic mass is 16.7. The van der Waals surface area contributed by atoms with Crippen molar-refractivity contribution in [1.82, 2.24) is 5.48 Å². The first-order valence-electron chi connectivity index (χ1n) is 3.97. The van der Waals surface area contributed by atoms with Gasteiger partial charge in [0, 0.05) is 0 Å². The zero-order valence-electron chi connectivity index (χ0n) is 7.08. The van der Waals surface area contributed by atoms with Crippen molar-refractivity contribution in [2.45, 2.75) is 24.8 Å². The zero-order chi connectivity index (χ0) is 9.90. The van der Waals surface area contributed by atoms with Crippen LogP contribution in [-0.4, -0.2) is 29.1 Å². The number of carbonyl (C=O) groups excluding carboxylic acids is 1. The third-order valence-electron chi connectivity index (χ3n) is 2.06. The quantitative estimate of drug-likeness (QED) is 0.491. The van der Waals surface area contributed by atoms with E-state index in [4.69, 9.17) is 10.8 Å². The molecule has 1 aliphatic carbocycles. The van der Waals surface area contributed by atoms with E-state index in [9.17, 15) is 9.59 Å². The molecule has 1 saturated carbocycles. The Morgan fingerprint density at radius 3 is 2.54 bits per heavy atom. The lowest BCUT2D eigenvalue weighted by atomic mass is 9.77. The van der Waals surface area contributed by atoms with Gasteiger partial charge >= 0.3 is 5.97 Å². The van der Waals surface area contributed by atoms with Gasteiger partial charge in [0.25, 0.3) is 5.91 Å². The molecule has 0 spiro atoms. The van der Waals surface area contributed by atoms with Gasteiger partial charge in [-0.1, -0.05) is 0 Å². The van der Waals surface area contributed by atoms with Crippen molar-refractivity contribution in [2.75, 3.05) is 6.61 Å². The van der Waals surface area contributed by atoms with Gasteiger partial charge in [0.15, 0.2) is 6.61 Å². The van der Waals surface area contributed by atoms with Crippen LogP contribution >= 0.6 is 0 Å². The Hall–Kier alpha value is -1.14. The lowest BCUT2D eigenvalue weighted by molar-refractivity contribution is -0.152. The molecule has 1 aliphatic rings. The van der Waals surface area contributed by atoms with Gasteiger partial charge in [0.2, 0.25) is 0 Å². The lowest BCUT2D eigenvalue weighted by Gasteiger charge is -2.35. The second-order valence-corrected chi connectivity index (χ2v) is 3.12. The van der Waals surface area contributed by atoms with Gasteiger partial charge in [-0.25, -0.2) is 10.3 Å². The van der Waals surface area contributed by atoms with E-state index < -0.39 is 24.0 Å². The number of aliphatic carboxylic acids is 1. The van der Waals surface area contributed by atoms with Crippen LogP contribution in [0.15, 0.2) is 0 Å².